The molecule has 0 N–H and O–H groups in total. The molecule has 0 bridgehead atoms. The predicted octanol–water partition coefficient (Wildman–Crippen LogP) is 2.79. The summed E-state index contributed by atoms with van der Waals surface area (Å²) < 4.78 is 10.1. The van der Waals surface area contributed by atoms with E-state index in [0.29, 0.717) is 6.42 Å². The molecule has 0 unspecified atom stereocenters. The second-order valence-electron chi connectivity index (χ2n) is 4.62. The van der Waals surface area contributed by atoms with Gasteiger partial charge >= 0.3 is 11.9 Å². The normalized spacial score (nSPS) is 19.5. The van der Waals surface area contributed by atoms with Crippen molar-refractivity contribution < 1.29 is 19.1 Å². The Labute approximate surface area is 114 Å². The first-order valence-electron chi connectivity index (χ1n) is 6.73. The van der Waals surface area contributed by atoms with E-state index in [1.165, 1.54) is 0 Å². The van der Waals surface area contributed by atoms with Gasteiger partial charge in [0.15, 0.2) is 5.41 Å². The highest BCUT2D eigenvalue weighted by atomic mass is 16.6. The largest absolute Gasteiger partial charge is 0.465 e. The van der Waals surface area contributed by atoms with E-state index in [4.69, 9.17) is 9.47 Å². The Bertz CT molecular complexity index is 388. The molecule has 1 rings (SSSR count). The maximum atomic E-state index is 12.2. The number of hydrogen-bond donors (Lipinski definition) is 0. The molecule has 0 spiro atoms. The fourth-order valence-corrected chi connectivity index (χ4v) is 2.36. The molecule has 1 fully saturated rings. The highest BCUT2D eigenvalue weighted by Gasteiger charge is 2.53. The molecule has 0 aromatic carbocycles. The highest BCUT2D eigenvalue weighted by Crippen LogP contribution is 2.46. The lowest BCUT2D eigenvalue weighted by Crippen LogP contribution is -2.39. The van der Waals surface area contributed by atoms with Gasteiger partial charge in [0.25, 0.3) is 0 Å². The Morgan fingerprint density at radius 3 is 2.11 bits per heavy atom. The van der Waals surface area contributed by atoms with Crippen LogP contribution in [0, 0.1) is 5.41 Å². The molecule has 1 aliphatic carbocycles. The molecule has 106 valence electrons. The van der Waals surface area contributed by atoms with Gasteiger partial charge in [-0.3, -0.25) is 9.59 Å². The van der Waals surface area contributed by atoms with Gasteiger partial charge in [-0.25, -0.2) is 0 Å². The average Bonchev–Trinajstić information content (AvgIpc) is 2.69. The minimum atomic E-state index is -1.23. The summed E-state index contributed by atoms with van der Waals surface area (Å²) in [6.07, 6.45) is 3.46. The lowest BCUT2D eigenvalue weighted by molar-refractivity contribution is -0.171. The van der Waals surface area contributed by atoms with Crippen molar-refractivity contribution in [2.24, 2.45) is 5.41 Å². The van der Waals surface area contributed by atoms with E-state index in [9.17, 15) is 9.59 Å². The van der Waals surface area contributed by atoms with Crippen molar-refractivity contribution in [2.45, 2.75) is 40.0 Å². The smallest absolute Gasteiger partial charge is 0.324 e. The quantitative estimate of drug-likeness (QED) is 0.567. The van der Waals surface area contributed by atoms with Gasteiger partial charge in [-0.1, -0.05) is 25.2 Å². The number of ether oxygens (including phenoxy) is 2. The van der Waals surface area contributed by atoms with Crippen LogP contribution in [0.1, 0.15) is 40.0 Å². The molecule has 4 heteroatoms. The molecule has 4 nitrogen and oxygen atoms in total. The van der Waals surface area contributed by atoms with Crippen LogP contribution in [-0.2, 0) is 19.1 Å². The fourth-order valence-electron chi connectivity index (χ4n) is 2.36. The molecule has 1 aliphatic rings. The second-order valence-corrected chi connectivity index (χ2v) is 4.62. The standard InChI is InChI=1S/C15H22O4/c1-5-8-12-10-15(9-11(12)4,13(16)18-6-2)14(17)19-7-3/h8H,4-7,9-10H2,1-3H3/b12-8-. The van der Waals surface area contributed by atoms with E-state index < -0.39 is 17.4 Å². The van der Waals surface area contributed by atoms with Crippen molar-refractivity contribution in [1.82, 2.24) is 0 Å². The number of hydrogen-bond acceptors (Lipinski definition) is 4. The van der Waals surface area contributed by atoms with Gasteiger partial charge < -0.3 is 9.47 Å². The molecule has 0 amide bonds. The number of rotatable bonds is 5. The molecular formula is C15H22O4. The van der Waals surface area contributed by atoms with E-state index >= 15 is 0 Å². The van der Waals surface area contributed by atoms with Gasteiger partial charge in [0.05, 0.1) is 13.2 Å². The number of allylic oxidation sites excluding steroid dienone is 3. The Hall–Kier alpha value is -1.58. The summed E-state index contributed by atoms with van der Waals surface area (Å²) in [5, 5.41) is 0. The third-order valence-electron chi connectivity index (χ3n) is 3.24. The summed E-state index contributed by atoms with van der Waals surface area (Å²) in [5.41, 5.74) is 0.552. The van der Waals surface area contributed by atoms with E-state index in [2.05, 4.69) is 6.58 Å². The van der Waals surface area contributed by atoms with Crippen molar-refractivity contribution >= 4 is 11.9 Å². The monoisotopic (exact) mass is 266 g/mol. The summed E-state index contributed by atoms with van der Waals surface area (Å²) in [7, 11) is 0. The Morgan fingerprint density at radius 2 is 1.68 bits per heavy atom. The third-order valence-corrected chi connectivity index (χ3v) is 3.24. The van der Waals surface area contributed by atoms with E-state index in [0.717, 1.165) is 17.6 Å². The van der Waals surface area contributed by atoms with Gasteiger partial charge in [0.1, 0.15) is 0 Å². The molecule has 0 aromatic rings. The zero-order valence-corrected chi connectivity index (χ0v) is 12.0. The van der Waals surface area contributed by atoms with Crippen LogP contribution in [0.2, 0.25) is 0 Å². The Balaban J connectivity index is 3.09. The second kappa shape index (κ2) is 6.55. The van der Waals surface area contributed by atoms with Gasteiger partial charge in [0.2, 0.25) is 0 Å². The zero-order valence-electron chi connectivity index (χ0n) is 12.0. The van der Waals surface area contributed by atoms with Gasteiger partial charge in [0, 0.05) is 0 Å². The Kier molecular flexibility index (Phi) is 5.33. The van der Waals surface area contributed by atoms with Crippen LogP contribution in [-0.4, -0.2) is 25.2 Å². The predicted molar refractivity (Wildman–Crippen MR) is 72.4 cm³/mol. The SMILES string of the molecule is C=C1CC(C(=O)OCC)(C(=O)OCC)C/C1=C/CC. The highest BCUT2D eigenvalue weighted by molar-refractivity contribution is 6.02. The van der Waals surface area contributed by atoms with Crippen LogP contribution in [0.5, 0.6) is 0 Å². The maximum absolute atomic E-state index is 12.2. The molecule has 0 saturated heterocycles. The molecule has 0 aromatic heterocycles. The lowest BCUT2D eigenvalue weighted by Gasteiger charge is -2.23. The van der Waals surface area contributed by atoms with Crippen LogP contribution in [0.3, 0.4) is 0 Å². The molecule has 1 saturated carbocycles. The van der Waals surface area contributed by atoms with Crippen molar-refractivity contribution in [1.29, 1.82) is 0 Å². The minimum absolute atomic E-state index is 0.249. The average molecular weight is 266 g/mol. The molecule has 0 heterocycles. The fraction of sp³-hybridized carbons (Fsp3) is 0.600. The van der Waals surface area contributed by atoms with E-state index in [1.54, 1.807) is 13.8 Å². The van der Waals surface area contributed by atoms with Gasteiger partial charge in [-0.05, 0) is 38.7 Å². The first-order valence-corrected chi connectivity index (χ1v) is 6.73. The third kappa shape index (κ3) is 3.06. The maximum Gasteiger partial charge on any atom is 0.324 e. The molecule has 0 aliphatic heterocycles. The van der Waals surface area contributed by atoms with Crippen LogP contribution in [0.15, 0.2) is 23.8 Å². The molecular weight excluding hydrogens is 244 g/mol. The first kappa shape index (κ1) is 15.5. The molecule has 0 atom stereocenters. The van der Waals surface area contributed by atoms with Crippen LogP contribution < -0.4 is 0 Å². The van der Waals surface area contributed by atoms with E-state index in [-0.39, 0.29) is 19.6 Å². The summed E-state index contributed by atoms with van der Waals surface area (Å²) >= 11 is 0. The summed E-state index contributed by atoms with van der Waals surface area (Å²) in [6.45, 7) is 9.91. The summed E-state index contributed by atoms with van der Waals surface area (Å²) in [6, 6.07) is 0. The van der Waals surface area contributed by atoms with Crippen LogP contribution in [0.25, 0.3) is 0 Å². The first-order chi connectivity index (χ1) is 9.01. The van der Waals surface area contributed by atoms with Crippen LogP contribution >= 0.6 is 0 Å². The van der Waals surface area contributed by atoms with Crippen LogP contribution in [0.4, 0.5) is 0 Å². The minimum Gasteiger partial charge on any atom is -0.465 e. The zero-order chi connectivity index (χ0) is 14.5. The Morgan fingerprint density at radius 1 is 1.16 bits per heavy atom. The lowest BCUT2D eigenvalue weighted by atomic mass is 9.85. The number of carbonyl (C=O) groups is 2. The van der Waals surface area contributed by atoms with Gasteiger partial charge in [-0.2, -0.15) is 0 Å². The van der Waals surface area contributed by atoms with E-state index in [1.807, 2.05) is 13.0 Å². The van der Waals surface area contributed by atoms with Gasteiger partial charge in [-0.15, -0.1) is 0 Å². The summed E-state index contributed by atoms with van der Waals surface area (Å²) in [5.74, 6) is -1.01. The van der Waals surface area contributed by atoms with Crippen molar-refractivity contribution in [3.63, 3.8) is 0 Å². The topological polar surface area (TPSA) is 52.6 Å². The van der Waals surface area contributed by atoms with Crippen molar-refractivity contribution in [2.75, 3.05) is 13.2 Å². The molecule has 19 heavy (non-hydrogen) atoms. The number of carbonyl (C=O) groups excluding carboxylic acids is 2. The van der Waals surface area contributed by atoms with Crippen molar-refractivity contribution in [3.05, 3.63) is 23.8 Å². The number of esters is 2. The summed E-state index contributed by atoms with van der Waals surface area (Å²) in [4.78, 5) is 24.4. The molecule has 0 radical (unpaired) electrons. The van der Waals surface area contributed by atoms with Crippen molar-refractivity contribution in [3.8, 4) is 0 Å².